The second-order valence-electron chi connectivity index (χ2n) is 7.03. The topological polar surface area (TPSA) is 27.6 Å². The Kier molecular flexibility index (Phi) is 2.56. The van der Waals surface area contributed by atoms with Gasteiger partial charge in [-0.3, -0.25) is 4.99 Å². The van der Waals surface area contributed by atoms with Gasteiger partial charge in [0, 0.05) is 13.1 Å². The molecule has 5 atom stereocenters. The summed E-state index contributed by atoms with van der Waals surface area (Å²) in [7, 11) is 0. The first kappa shape index (κ1) is 11.1. The molecule has 0 spiro atoms. The number of hydrogen-bond donors (Lipinski definition) is 1. The Balaban J connectivity index is 1.34. The fourth-order valence-corrected chi connectivity index (χ4v) is 4.40. The van der Waals surface area contributed by atoms with E-state index in [-0.39, 0.29) is 0 Å². The Labute approximate surface area is 110 Å². The Morgan fingerprint density at radius 3 is 3.00 bits per heavy atom. The van der Waals surface area contributed by atoms with Crippen molar-refractivity contribution in [3.8, 4) is 0 Å². The highest BCUT2D eigenvalue weighted by molar-refractivity contribution is 5.82. The zero-order valence-corrected chi connectivity index (χ0v) is 11.4. The van der Waals surface area contributed by atoms with E-state index in [9.17, 15) is 0 Å². The lowest BCUT2D eigenvalue weighted by Gasteiger charge is -2.36. The molecular formula is C15H25N3. The first-order valence-corrected chi connectivity index (χ1v) is 7.86. The molecule has 2 aliphatic carbocycles. The Bertz CT molecular complexity index is 365. The second-order valence-corrected chi connectivity index (χ2v) is 7.03. The van der Waals surface area contributed by atoms with Crippen LogP contribution in [-0.2, 0) is 0 Å². The van der Waals surface area contributed by atoms with E-state index >= 15 is 0 Å². The fourth-order valence-electron chi connectivity index (χ4n) is 4.40. The van der Waals surface area contributed by atoms with Crippen LogP contribution in [0.3, 0.4) is 0 Å². The van der Waals surface area contributed by atoms with Gasteiger partial charge in [0.1, 0.15) is 0 Å². The van der Waals surface area contributed by atoms with E-state index in [0.29, 0.717) is 6.04 Å². The molecule has 0 radical (unpaired) electrons. The third-order valence-corrected chi connectivity index (χ3v) is 5.68. The van der Waals surface area contributed by atoms with E-state index in [2.05, 4.69) is 17.1 Å². The minimum absolute atomic E-state index is 0.709. The molecule has 0 amide bonds. The van der Waals surface area contributed by atoms with Crippen LogP contribution >= 0.6 is 0 Å². The van der Waals surface area contributed by atoms with Crippen molar-refractivity contribution in [2.45, 2.75) is 45.1 Å². The van der Waals surface area contributed by atoms with Gasteiger partial charge in [0.05, 0.1) is 12.6 Å². The molecule has 0 aromatic rings. The summed E-state index contributed by atoms with van der Waals surface area (Å²) in [5.74, 6) is 5.17. The first-order valence-electron chi connectivity index (χ1n) is 7.86. The molecule has 1 N–H and O–H groups in total. The molecule has 2 saturated carbocycles. The molecule has 0 aromatic carbocycles. The van der Waals surface area contributed by atoms with Crippen molar-refractivity contribution in [2.75, 3.05) is 19.6 Å². The average molecular weight is 247 g/mol. The second kappa shape index (κ2) is 4.14. The van der Waals surface area contributed by atoms with Gasteiger partial charge in [-0.1, -0.05) is 6.92 Å². The molecule has 4 aliphatic rings. The summed E-state index contributed by atoms with van der Waals surface area (Å²) in [6.45, 7) is 5.80. The van der Waals surface area contributed by atoms with Gasteiger partial charge in [-0.2, -0.15) is 0 Å². The maximum Gasteiger partial charge on any atom is 0.194 e. The Hall–Kier alpha value is -0.730. The summed E-state index contributed by atoms with van der Waals surface area (Å²) in [5, 5.41) is 3.68. The van der Waals surface area contributed by atoms with Gasteiger partial charge in [-0.15, -0.1) is 0 Å². The number of nitrogens with zero attached hydrogens (tertiary/aromatic N) is 2. The van der Waals surface area contributed by atoms with Gasteiger partial charge in [0.15, 0.2) is 5.96 Å². The van der Waals surface area contributed by atoms with Gasteiger partial charge in [-0.25, -0.2) is 0 Å². The van der Waals surface area contributed by atoms with E-state index in [4.69, 9.17) is 4.99 Å². The molecule has 100 valence electrons. The van der Waals surface area contributed by atoms with Crippen LogP contribution in [0.4, 0.5) is 0 Å². The van der Waals surface area contributed by atoms with Crippen molar-refractivity contribution in [1.82, 2.24) is 10.2 Å². The maximum atomic E-state index is 4.75. The van der Waals surface area contributed by atoms with E-state index in [1.807, 2.05) is 0 Å². The van der Waals surface area contributed by atoms with Gasteiger partial charge >= 0.3 is 0 Å². The van der Waals surface area contributed by atoms with Crippen LogP contribution in [0.15, 0.2) is 4.99 Å². The Morgan fingerprint density at radius 1 is 1.28 bits per heavy atom. The fraction of sp³-hybridized carbons (Fsp3) is 0.933. The highest BCUT2D eigenvalue weighted by Gasteiger charge is 2.47. The average Bonchev–Trinajstić information content (AvgIpc) is 2.88. The van der Waals surface area contributed by atoms with E-state index < -0.39 is 0 Å². The molecule has 5 unspecified atom stereocenters. The molecule has 2 aliphatic heterocycles. The predicted octanol–water partition coefficient (Wildman–Crippen LogP) is 2.09. The molecule has 1 saturated heterocycles. The molecule has 4 rings (SSSR count). The summed E-state index contributed by atoms with van der Waals surface area (Å²) >= 11 is 0. The minimum Gasteiger partial charge on any atom is -0.356 e. The number of nitrogens with one attached hydrogen (secondary N) is 1. The van der Waals surface area contributed by atoms with E-state index in [1.54, 1.807) is 0 Å². The van der Waals surface area contributed by atoms with Crippen molar-refractivity contribution in [3.05, 3.63) is 0 Å². The third-order valence-electron chi connectivity index (χ3n) is 5.68. The molecule has 3 fully saturated rings. The number of aliphatic imine (C=N–C) groups is 1. The summed E-state index contributed by atoms with van der Waals surface area (Å²) in [6, 6.07) is 0.709. The maximum absolute atomic E-state index is 4.75. The van der Waals surface area contributed by atoms with Crippen LogP contribution in [0.5, 0.6) is 0 Å². The van der Waals surface area contributed by atoms with Crippen molar-refractivity contribution in [3.63, 3.8) is 0 Å². The monoisotopic (exact) mass is 247 g/mol. The highest BCUT2D eigenvalue weighted by Crippen LogP contribution is 2.55. The van der Waals surface area contributed by atoms with Crippen LogP contribution in [0.2, 0.25) is 0 Å². The molecule has 2 heterocycles. The van der Waals surface area contributed by atoms with Crippen LogP contribution < -0.4 is 5.32 Å². The van der Waals surface area contributed by atoms with Gasteiger partial charge in [0.25, 0.3) is 0 Å². The number of fused-ring (bicyclic) bond motifs is 2. The van der Waals surface area contributed by atoms with Crippen molar-refractivity contribution in [2.24, 2.45) is 28.7 Å². The van der Waals surface area contributed by atoms with Gasteiger partial charge in [0.2, 0.25) is 0 Å². The van der Waals surface area contributed by atoms with Gasteiger partial charge < -0.3 is 10.2 Å². The zero-order chi connectivity index (χ0) is 12.1. The lowest BCUT2D eigenvalue weighted by atomic mass is 9.95. The molecule has 0 bridgehead atoms. The molecule has 18 heavy (non-hydrogen) atoms. The number of rotatable bonds is 2. The van der Waals surface area contributed by atoms with Crippen LogP contribution in [0.1, 0.15) is 39.0 Å². The van der Waals surface area contributed by atoms with Crippen molar-refractivity contribution < 1.29 is 0 Å². The van der Waals surface area contributed by atoms with Crippen LogP contribution in [-0.4, -0.2) is 36.5 Å². The first-order chi connectivity index (χ1) is 8.81. The summed E-state index contributed by atoms with van der Waals surface area (Å²) in [6.07, 6.45) is 7.19. The summed E-state index contributed by atoms with van der Waals surface area (Å²) in [4.78, 5) is 7.29. The molecule has 3 nitrogen and oxygen atoms in total. The lowest BCUT2D eigenvalue weighted by Crippen LogP contribution is -2.49. The standard InChI is InChI=1S/C15H25N3/c1-10-2-5-13-8-17-15(18(13)9-10)16-7-12-4-3-11-6-14(11)12/h10-14H,2-9H2,1H3,(H,16,17). The quantitative estimate of drug-likeness (QED) is 0.809. The molecular weight excluding hydrogens is 222 g/mol. The van der Waals surface area contributed by atoms with E-state index in [0.717, 1.165) is 30.2 Å². The summed E-state index contributed by atoms with van der Waals surface area (Å²) in [5.41, 5.74) is 0. The van der Waals surface area contributed by atoms with E-state index in [1.165, 1.54) is 51.2 Å². The number of guanidine groups is 1. The summed E-state index contributed by atoms with van der Waals surface area (Å²) < 4.78 is 0. The SMILES string of the molecule is CC1CCC2CN=C(NCC3CCC4CC34)N2C1. The number of hydrogen-bond acceptors (Lipinski definition) is 3. The van der Waals surface area contributed by atoms with Gasteiger partial charge in [-0.05, 0) is 55.8 Å². The zero-order valence-electron chi connectivity index (χ0n) is 11.4. The third kappa shape index (κ3) is 1.83. The smallest absolute Gasteiger partial charge is 0.194 e. The molecule has 0 aromatic heterocycles. The predicted molar refractivity (Wildman–Crippen MR) is 73.5 cm³/mol. The molecule has 3 heteroatoms. The van der Waals surface area contributed by atoms with Crippen LogP contribution in [0.25, 0.3) is 0 Å². The normalized spacial score (nSPS) is 45.5. The minimum atomic E-state index is 0.709. The largest absolute Gasteiger partial charge is 0.356 e. The number of piperidine rings is 1. The van der Waals surface area contributed by atoms with Crippen molar-refractivity contribution >= 4 is 5.96 Å². The van der Waals surface area contributed by atoms with Crippen LogP contribution in [0, 0.1) is 23.7 Å². The van der Waals surface area contributed by atoms with Crippen molar-refractivity contribution in [1.29, 1.82) is 0 Å². The lowest BCUT2D eigenvalue weighted by molar-refractivity contribution is 0.210. The highest BCUT2D eigenvalue weighted by atomic mass is 15.4. The Morgan fingerprint density at radius 2 is 2.22 bits per heavy atom.